The van der Waals surface area contributed by atoms with E-state index in [0.29, 0.717) is 17.1 Å². The molecule has 0 unspecified atom stereocenters. The Morgan fingerprint density at radius 3 is 2.82 bits per heavy atom. The molecule has 0 saturated heterocycles. The highest BCUT2D eigenvalue weighted by Crippen LogP contribution is 2.23. The Kier molecular flexibility index (Phi) is 3.82. The van der Waals surface area contributed by atoms with Crippen LogP contribution in [0.25, 0.3) is 11.3 Å². The van der Waals surface area contributed by atoms with Crippen LogP contribution in [0.4, 0.5) is 0 Å². The van der Waals surface area contributed by atoms with Crippen LogP contribution in [0.2, 0.25) is 0 Å². The number of hydrogen-bond donors (Lipinski definition) is 1. The Balaban J connectivity index is 2.26. The molecule has 0 aliphatic heterocycles. The lowest BCUT2D eigenvalue weighted by molar-refractivity contribution is 0.0958. The molecule has 17 heavy (non-hydrogen) atoms. The van der Waals surface area contributed by atoms with E-state index >= 15 is 0 Å². The van der Waals surface area contributed by atoms with Gasteiger partial charge >= 0.3 is 0 Å². The summed E-state index contributed by atoms with van der Waals surface area (Å²) in [7, 11) is 0. The van der Waals surface area contributed by atoms with Crippen LogP contribution in [0.15, 0.2) is 30.3 Å². The minimum absolute atomic E-state index is 0.0966. The fraction of sp³-hybridized carbons (Fsp3) is 0.250. The summed E-state index contributed by atoms with van der Waals surface area (Å²) < 4.78 is 3.86. The molecule has 0 atom stereocenters. The van der Waals surface area contributed by atoms with Crippen LogP contribution in [-0.4, -0.2) is 22.0 Å². The Morgan fingerprint density at radius 2 is 2.12 bits per heavy atom. The van der Waals surface area contributed by atoms with Crippen molar-refractivity contribution in [3.8, 4) is 11.3 Å². The summed E-state index contributed by atoms with van der Waals surface area (Å²) in [5.41, 5.74) is 1.58. The molecule has 4 nitrogen and oxygen atoms in total. The van der Waals surface area contributed by atoms with Gasteiger partial charge in [0.05, 0.1) is 0 Å². The summed E-state index contributed by atoms with van der Waals surface area (Å²) in [6.07, 6.45) is 0.915. The van der Waals surface area contributed by atoms with Crippen LogP contribution in [-0.2, 0) is 0 Å². The monoisotopic (exact) mass is 247 g/mol. The topological polar surface area (TPSA) is 54.9 Å². The number of nitrogens with zero attached hydrogens (tertiary/aromatic N) is 2. The maximum atomic E-state index is 11.9. The summed E-state index contributed by atoms with van der Waals surface area (Å²) in [6, 6.07) is 9.62. The van der Waals surface area contributed by atoms with Crippen molar-refractivity contribution >= 4 is 17.4 Å². The van der Waals surface area contributed by atoms with Crippen LogP contribution in [0.3, 0.4) is 0 Å². The van der Waals surface area contributed by atoms with Gasteiger partial charge in [-0.3, -0.25) is 4.79 Å². The van der Waals surface area contributed by atoms with Gasteiger partial charge in [-0.15, -0.1) is 5.10 Å². The molecule has 0 spiro atoms. The van der Waals surface area contributed by atoms with Crippen molar-refractivity contribution in [2.24, 2.45) is 0 Å². The predicted molar refractivity (Wildman–Crippen MR) is 68.0 cm³/mol. The highest BCUT2D eigenvalue weighted by Gasteiger charge is 2.16. The Hall–Kier alpha value is -1.75. The zero-order valence-corrected chi connectivity index (χ0v) is 10.3. The van der Waals surface area contributed by atoms with Crippen molar-refractivity contribution < 1.29 is 4.79 Å². The van der Waals surface area contributed by atoms with Gasteiger partial charge in [-0.25, -0.2) is 0 Å². The first kappa shape index (κ1) is 11.7. The first-order valence-corrected chi connectivity index (χ1v) is 6.26. The Morgan fingerprint density at radius 1 is 1.35 bits per heavy atom. The van der Waals surface area contributed by atoms with Gasteiger partial charge < -0.3 is 5.32 Å². The third-order valence-electron chi connectivity index (χ3n) is 2.28. The first-order chi connectivity index (χ1) is 8.33. The maximum absolute atomic E-state index is 11.9. The SMILES string of the molecule is CCCNC(=O)c1snnc1-c1ccccc1. The Bertz CT molecular complexity index is 495. The molecule has 1 aromatic heterocycles. The zero-order valence-electron chi connectivity index (χ0n) is 9.51. The zero-order chi connectivity index (χ0) is 12.1. The number of carbonyl (C=O) groups excluding carboxylic acids is 1. The molecule has 0 aliphatic carbocycles. The molecule has 0 aliphatic rings. The average molecular weight is 247 g/mol. The Labute approximate surface area is 104 Å². The van der Waals surface area contributed by atoms with E-state index in [4.69, 9.17) is 0 Å². The van der Waals surface area contributed by atoms with Crippen molar-refractivity contribution in [3.63, 3.8) is 0 Å². The molecule has 0 radical (unpaired) electrons. The number of nitrogens with one attached hydrogen (secondary N) is 1. The molecule has 0 saturated carbocycles. The van der Waals surface area contributed by atoms with Gasteiger partial charge in [-0.2, -0.15) is 0 Å². The molecule has 5 heteroatoms. The van der Waals surface area contributed by atoms with Crippen LogP contribution >= 0.6 is 11.5 Å². The third-order valence-corrected chi connectivity index (χ3v) is 3.00. The number of hydrogen-bond acceptors (Lipinski definition) is 4. The standard InChI is InChI=1S/C12H13N3OS/c1-2-8-13-12(16)11-10(14-15-17-11)9-6-4-3-5-7-9/h3-7H,2,8H2,1H3,(H,13,16). The van der Waals surface area contributed by atoms with Crippen LogP contribution < -0.4 is 5.32 Å². The first-order valence-electron chi connectivity index (χ1n) is 5.49. The molecule has 88 valence electrons. The average Bonchev–Trinajstić information content (AvgIpc) is 2.86. The van der Waals surface area contributed by atoms with Crippen LogP contribution in [0.1, 0.15) is 23.0 Å². The van der Waals surface area contributed by atoms with E-state index in [1.165, 1.54) is 0 Å². The number of benzene rings is 1. The highest BCUT2D eigenvalue weighted by atomic mass is 32.1. The minimum Gasteiger partial charge on any atom is -0.351 e. The van der Waals surface area contributed by atoms with Gasteiger partial charge in [0, 0.05) is 12.1 Å². The smallest absolute Gasteiger partial charge is 0.265 e. The molecular weight excluding hydrogens is 234 g/mol. The van der Waals surface area contributed by atoms with Crippen molar-refractivity contribution in [1.82, 2.24) is 14.9 Å². The lowest BCUT2D eigenvalue weighted by Crippen LogP contribution is -2.23. The van der Waals surface area contributed by atoms with Crippen LogP contribution in [0, 0.1) is 0 Å². The molecule has 2 rings (SSSR count). The molecular formula is C12H13N3OS. The van der Waals surface area contributed by atoms with Crippen molar-refractivity contribution in [3.05, 3.63) is 35.2 Å². The van der Waals surface area contributed by atoms with Gasteiger partial charge in [0.2, 0.25) is 0 Å². The number of carbonyl (C=O) groups is 1. The summed E-state index contributed by atoms with van der Waals surface area (Å²) in [4.78, 5) is 12.5. The second-order valence-corrected chi connectivity index (χ2v) is 4.33. The molecule has 1 aromatic carbocycles. The molecule has 2 aromatic rings. The van der Waals surface area contributed by atoms with Gasteiger partial charge in [-0.1, -0.05) is 41.7 Å². The fourth-order valence-corrected chi connectivity index (χ4v) is 2.05. The maximum Gasteiger partial charge on any atom is 0.265 e. The summed E-state index contributed by atoms with van der Waals surface area (Å²) in [6.45, 7) is 2.69. The highest BCUT2D eigenvalue weighted by molar-refractivity contribution is 7.08. The van der Waals surface area contributed by atoms with E-state index in [1.807, 2.05) is 37.3 Å². The summed E-state index contributed by atoms with van der Waals surface area (Å²) in [5, 5.41) is 6.86. The van der Waals surface area contributed by atoms with Gasteiger partial charge in [0.1, 0.15) is 10.6 Å². The van der Waals surface area contributed by atoms with Crippen molar-refractivity contribution in [1.29, 1.82) is 0 Å². The van der Waals surface area contributed by atoms with Gasteiger partial charge in [-0.05, 0) is 18.0 Å². The molecule has 0 fully saturated rings. The molecule has 1 amide bonds. The molecule has 0 bridgehead atoms. The van der Waals surface area contributed by atoms with Gasteiger partial charge in [0.15, 0.2) is 0 Å². The minimum atomic E-state index is -0.0966. The van der Waals surface area contributed by atoms with Crippen molar-refractivity contribution in [2.75, 3.05) is 6.54 Å². The second kappa shape index (κ2) is 5.54. The van der Waals surface area contributed by atoms with E-state index in [-0.39, 0.29) is 5.91 Å². The second-order valence-electron chi connectivity index (χ2n) is 3.57. The van der Waals surface area contributed by atoms with E-state index in [9.17, 15) is 4.79 Å². The number of amides is 1. The summed E-state index contributed by atoms with van der Waals surface area (Å²) >= 11 is 1.13. The van der Waals surface area contributed by atoms with Gasteiger partial charge in [0.25, 0.3) is 5.91 Å². The molecule has 1 N–H and O–H groups in total. The summed E-state index contributed by atoms with van der Waals surface area (Å²) in [5.74, 6) is -0.0966. The van der Waals surface area contributed by atoms with Crippen LogP contribution in [0.5, 0.6) is 0 Å². The van der Waals surface area contributed by atoms with E-state index in [1.54, 1.807) is 0 Å². The predicted octanol–water partition coefficient (Wildman–Crippen LogP) is 2.34. The number of rotatable bonds is 4. The number of aromatic nitrogens is 2. The fourth-order valence-electron chi connectivity index (χ4n) is 1.44. The lowest BCUT2D eigenvalue weighted by atomic mass is 10.1. The van der Waals surface area contributed by atoms with Crippen molar-refractivity contribution in [2.45, 2.75) is 13.3 Å². The van der Waals surface area contributed by atoms with E-state index < -0.39 is 0 Å². The lowest BCUT2D eigenvalue weighted by Gasteiger charge is -2.02. The normalized spacial score (nSPS) is 10.2. The third kappa shape index (κ3) is 2.68. The quantitative estimate of drug-likeness (QED) is 0.902. The van der Waals surface area contributed by atoms with E-state index in [0.717, 1.165) is 23.5 Å². The van der Waals surface area contributed by atoms with E-state index in [2.05, 4.69) is 14.9 Å². The largest absolute Gasteiger partial charge is 0.351 e. The molecule has 1 heterocycles.